The van der Waals surface area contributed by atoms with Crippen LogP contribution in [0, 0.1) is 0 Å². The Labute approximate surface area is 256 Å². The number of benzene rings is 1. The summed E-state index contributed by atoms with van der Waals surface area (Å²) < 4.78 is 38.4. The molecule has 1 fully saturated rings. The van der Waals surface area contributed by atoms with Crippen LogP contribution in [0.4, 0.5) is 0 Å². The highest BCUT2D eigenvalue weighted by Gasteiger charge is 2.52. The summed E-state index contributed by atoms with van der Waals surface area (Å²) in [5, 5.41) is 7.76. The van der Waals surface area contributed by atoms with Crippen molar-refractivity contribution in [1.82, 2.24) is 10.2 Å². The van der Waals surface area contributed by atoms with Gasteiger partial charge >= 0.3 is 29.8 Å². The SMILES string of the molecule is CCOC(=O)C(=C(N)SC1OC(COC(C)=O)C(OC(C)=O)C(OC(C)=O)C1OC(C)=O)c1nnc(Cc2ccccc2)o1. The van der Waals surface area contributed by atoms with Crippen LogP contribution in [0.15, 0.2) is 39.8 Å². The van der Waals surface area contributed by atoms with E-state index in [1.54, 1.807) is 6.92 Å². The predicted molar refractivity (Wildman–Crippen MR) is 151 cm³/mol. The number of carbonyl (C=O) groups is 5. The first-order valence-electron chi connectivity index (χ1n) is 13.4. The fourth-order valence-corrected chi connectivity index (χ4v) is 5.24. The molecule has 0 bridgehead atoms. The van der Waals surface area contributed by atoms with Gasteiger partial charge in [-0.3, -0.25) is 19.2 Å². The molecule has 1 aliphatic rings. The molecule has 0 radical (unpaired) electrons. The van der Waals surface area contributed by atoms with E-state index in [9.17, 15) is 24.0 Å². The van der Waals surface area contributed by atoms with E-state index >= 15 is 0 Å². The molecule has 2 aromatic rings. The molecule has 1 aromatic heterocycles. The highest BCUT2D eigenvalue weighted by Crippen LogP contribution is 2.38. The zero-order valence-electron chi connectivity index (χ0n) is 24.7. The van der Waals surface area contributed by atoms with Gasteiger partial charge in [-0.1, -0.05) is 42.1 Å². The van der Waals surface area contributed by atoms with Crippen LogP contribution < -0.4 is 5.73 Å². The van der Waals surface area contributed by atoms with Crippen molar-refractivity contribution < 1.29 is 56.8 Å². The molecule has 0 aliphatic carbocycles. The van der Waals surface area contributed by atoms with Crippen LogP contribution >= 0.6 is 11.8 Å². The number of rotatable bonds is 12. The predicted octanol–water partition coefficient (Wildman–Crippen LogP) is 1.67. The van der Waals surface area contributed by atoms with Crippen molar-refractivity contribution in [1.29, 1.82) is 0 Å². The Morgan fingerprint density at radius 3 is 2.05 bits per heavy atom. The molecule has 15 nitrogen and oxygen atoms in total. The summed E-state index contributed by atoms with van der Waals surface area (Å²) in [6.45, 7) is 5.62. The normalized spacial score (nSPS) is 21.8. The van der Waals surface area contributed by atoms with E-state index in [0.29, 0.717) is 11.8 Å². The first-order valence-corrected chi connectivity index (χ1v) is 14.3. The highest BCUT2D eigenvalue weighted by molar-refractivity contribution is 8.03. The lowest BCUT2D eigenvalue weighted by molar-refractivity contribution is -0.237. The van der Waals surface area contributed by atoms with E-state index in [1.807, 2.05) is 30.3 Å². The number of nitrogens with zero attached hydrogens (tertiary/aromatic N) is 2. The van der Waals surface area contributed by atoms with Crippen LogP contribution in [0.3, 0.4) is 0 Å². The van der Waals surface area contributed by atoms with E-state index < -0.39 is 66.3 Å². The van der Waals surface area contributed by atoms with Crippen LogP contribution in [0.5, 0.6) is 0 Å². The zero-order valence-corrected chi connectivity index (χ0v) is 25.5. The maximum Gasteiger partial charge on any atom is 0.346 e. The molecule has 1 aliphatic heterocycles. The third-order valence-corrected chi connectivity index (χ3v) is 6.87. The number of nitrogens with two attached hydrogens (primary N) is 1. The maximum absolute atomic E-state index is 13.1. The van der Waals surface area contributed by atoms with Gasteiger partial charge in [-0.05, 0) is 12.5 Å². The number of hydrogen-bond acceptors (Lipinski definition) is 16. The van der Waals surface area contributed by atoms with Gasteiger partial charge in [0.2, 0.25) is 5.89 Å². The topological polar surface area (TPSA) is 206 Å². The van der Waals surface area contributed by atoms with Crippen LogP contribution in [0.1, 0.15) is 52.0 Å². The summed E-state index contributed by atoms with van der Waals surface area (Å²) in [7, 11) is 0. The number of esters is 5. The van der Waals surface area contributed by atoms with Crippen LogP contribution in [0.25, 0.3) is 5.57 Å². The Morgan fingerprint density at radius 1 is 0.841 bits per heavy atom. The molecule has 2 N–H and O–H groups in total. The molecule has 0 amide bonds. The van der Waals surface area contributed by atoms with Gasteiger partial charge in [-0.2, -0.15) is 0 Å². The van der Waals surface area contributed by atoms with Gasteiger partial charge in [0.05, 0.1) is 18.1 Å². The zero-order chi connectivity index (χ0) is 32.4. The standard InChI is InChI=1S/C28H33N3O12S/c1-6-37-27(36)21(26-31-30-20(43-26)12-18-10-8-7-9-11-18)25(29)44-28-24(41-17(5)35)23(40-16(4)34)22(39-15(3)33)19(42-28)13-38-14(2)32/h7-11,19,22-24,28H,6,12-13,29H2,1-5H3. The Bertz CT molecular complexity index is 1380. The summed E-state index contributed by atoms with van der Waals surface area (Å²) in [6, 6.07) is 9.27. The van der Waals surface area contributed by atoms with E-state index in [1.165, 1.54) is 0 Å². The minimum Gasteiger partial charge on any atom is -0.463 e. The maximum atomic E-state index is 13.1. The first-order chi connectivity index (χ1) is 20.9. The summed E-state index contributed by atoms with van der Waals surface area (Å²) >= 11 is 0.688. The van der Waals surface area contributed by atoms with Crippen LogP contribution in [-0.4, -0.2) is 83.1 Å². The number of thioether (sulfide) groups is 1. The number of hydrogen-bond donors (Lipinski definition) is 1. The molecule has 3 rings (SSSR count). The summed E-state index contributed by atoms with van der Waals surface area (Å²) in [6.07, 6.45) is -5.14. The molecule has 5 atom stereocenters. The molecule has 44 heavy (non-hydrogen) atoms. The molecule has 16 heteroatoms. The van der Waals surface area contributed by atoms with Gasteiger partial charge in [-0.15, -0.1) is 10.2 Å². The van der Waals surface area contributed by atoms with Crippen molar-refractivity contribution in [2.75, 3.05) is 13.2 Å². The molecule has 1 aromatic carbocycles. The number of aromatic nitrogens is 2. The smallest absolute Gasteiger partial charge is 0.346 e. The molecular weight excluding hydrogens is 602 g/mol. The minimum atomic E-state index is -1.42. The van der Waals surface area contributed by atoms with Crippen molar-refractivity contribution in [2.24, 2.45) is 5.73 Å². The largest absolute Gasteiger partial charge is 0.463 e. The molecule has 238 valence electrons. The Balaban J connectivity index is 2.05. The van der Waals surface area contributed by atoms with Crippen LogP contribution in [-0.2, 0) is 58.8 Å². The lowest BCUT2D eigenvalue weighted by Crippen LogP contribution is -2.61. The second-order valence-electron chi connectivity index (χ2n) is 9.31. The molecule has 0 spiro atoms. The van der Waals surface area contributed by atoms with E-state index in [-0.39, 0.29) is 35.4 Å². The third-order valence-electron chi connectivity index (χ3n) is 5.80. The average Bonchev–Trinajstić information content (AvgIpc) is 3.38. The second-order valence-corrected chi connectivity index (χ2v) is 10.4. The van der Waals surface area contributed by atoms with Gasteiger partial charge in [0.15, 0.2) is 29.3 Å². The minimum absolute atomic E-state index is 0.00958. The molecule has 1 saturated heterocycles. The quantitative estimate of drug-likeness (QED) is 0.200. The van der Waals surface area contributed by atoms with Crippen molar-refractivity contribution in [3.8, 4) is 0 Å². The molecule has 0 saturated carbocycles. The summed E-state index contributed by atoms with van der Waals surface area (Å²) in [5.41, 5.74) is 5.70. The van der Waals surface area contributed by atoms with Crippen molar-refractivity contribution in [2.45, 2.75) is 70.9 Å². The van der Waals surface area contributed by atoms with Gasteiger partial charge in [0.25, 0.3) is 5.89 Å². The summed E-state index contributed by atoms with van der Waals surface area (Å²) in [5.74, 6) is -3.98. The lowest BCUT2D eigenvalue weighted by atomic mass is 9.99. The number of carbonyl (C=O) groups excluding carboxylic acids is 5. The first kappa shape index (κ1) is 34.1. The average molecular weight is 636 g/mol. The molecular formula is C28H33N3O12S. The number of ether oxygens (including phenoxy) is 6. The third kappa shape index (κ3) is 9.54. The second kappa shape index (κ2) is 15.9. The Morgan fingerprint density at radius 2 is 1.45 bits per heavy atom. The van der Waals surface area contributed by atoms with Gasteiger partial charge in [0.1, 0.15) is 12.7 Å². The Kier molecular flexibility index (Phi) is 12.3. The van der Waals surface area contributed by atoms with Crippen molar-refractivity contribution >= 4 is 47.2 Å². The van der Waals surface area contributed by atoms with Crippen molar-refractivity contribution in [3.63, 3.8) is 0 Å². The molecule has 2 heterocycles. The van der Waals surface area contributed by atoms with Gasteiger partial charge in [-0.25, -0.2) is 4.79 Å². The lowest BCUT2D eigenvalue weighted by Gasteiger charge is -2.44. The highest BCUT2D eigenvalue weighted by atomic mass is 32.2. The van der Waals surface area contributed by atoms with E-state index in [2.05, 4.69) is 10.2 Å². The Hall–Kier alpha value is -4.44. The van der Waals surface area contributed by atoms with Gasteiger partial charge < -0.3 is 38.6 Å². The van der Waals surface area contributed by atoms with E-state index in [4.69, 9.17) is 38.6 Å². The van der Waals surface area contributed by atoms with Crippen LogP contribution in [0.2, 0.25) is 0 Å². The fraction of sp³-hybridized carbons (Fsp3) is 0.464. The van der Waals surface area contributed by atoms with Gasteiger partial charge in [0, 0.05) is 27.7 Å². The summed E-state index contributed by atoms with van der Waals surface area (Å²) in [4.78, 5) is 60.9. The van der Waals surface area contributed by atoms with E-state index in [0.717, 1.165) is 33.3 Å². The fourth-order valence-electron chi connectivity index (χ4n) is 4.16. The monoisotopic (exact) mass is 635 g/mol. The molecule has 5 unspecified atom stereocenters. The van der Waals surface area contributed by atoms with Crippen molar-refractivity contribution in [3.05, 3.63) is 52.7 Å².